The topological polar surface area (TPSA) is 91.3 Å². The van der Waals surface area contributed by atoms with E-state index in [1.165, 1.54) is 19.1 Å². The molecule has 0 saturated carbocycles. The molecule has 6 nitrogen and oxygen atoms in total. The largest absolute Gasteiger partial charge is 0.416 e. The molecule has 1 atom stereocenters. The summed E-state index contributed by atoms with van der Waals surface area (Å²) in [5.41, 5.74) is 3.35. The third kappa shape index (κ3) is 7.33. The number of anilines is 2. The Kier molecular flexibility index (Phi) is 8.64. The maximum absolute atomic E-state index is 13.1. The van der Waals surface area contributed by atoms with Crippen molar-refractivity contribution in [3.63, 3.8) is 0 Å². The molecule has 40 heavy (non-hydrogen) atoms. The summed E-state index contributed by atoms with van der Waals surface area (Å²) in [5, 5.41) is 16.1. The smallest absolute Gasteiger partial charge is 0.388 e. The third-order valence-corrected chi connectivity index (χ3v) is 6.28. The normalized spacial score (nSPS) is 12.1. The van der Waals surface area contributed by atoms with Gasteiger partial charge in [-0.15, -0.1) is 0 Å². The molecule has 2 amide bonds. The van der Waals surface area contributed by atoms with Gasteiger partial charge in [-0.2, -0.15) is 13.2 Å². The molecule has 0 saturated heterocycles. The molecule has 0 radical (unpaired) electrons. The number of rotatable bonds is 8. The van der Waals surface area contributed by atoms with Crippen molar-refractivity contribution in [2.45, 2.75) is 39.0 Å². The average molecular weight is 548 g/mol. The Morgan fingerprint density at radius 3 is 2.27 bits per heavy atom. The van der Waals surface area contributed by atoms with Gasteiger partial charge in [0.05, 0.1) is 11.7 Å². The van der Waals surface area contributed by atoms with Crippen molar-refractivity contribution in [3.05, 3.63) is 113 Å². The lowest BCUT2D eigenvalue weighted by Gasteiger charge is -2.14. The number of pyridine rings is 1. The Morgan fingerprint density at radius 1 is 0.925 bits per heavy atom. The predicted octanol–water partition coefficient (Wildman–Crippen LogP) is 6.95. The number of benzene rings is 3. The van der Waals surface area contributed by atoms with Crippen LogP contribution in [0, 0.1) is 6.92 Å². The van der Waals surface area contributed by atoms with Gasteiger partial charge < -0.3 is 15.7 Å². The lowest BCUT2D eigenvalue weighted by atomic mass is 9.96. The van der Waals surface area contributed by atoms with Crippen LogP contribution in [0.3, 0.4) is 0 Å². The first-order valence-corrected chi connectivity index (χ1v) is 12.6. The molecule has 0 aliphatic rings. The standard InChI is InChI=1S/C31H28F3N3O3/c1-19-6-16-26(27(18-19)21-7-11-23(12-8-21)31(32,33)34)30(40)37-25-13-9-22(10-14-25)28(39)17-15-24-4-3-5-29(36-24)35-20(2)38/h3-14,16,18,28,39H,15,17H2,1-2H3,(H,37,40)(H,35,36,38). The number of nitrogens with zero attached hydrogens (tertiary/aromatic N) is 1. The third-order valence-electron chi connectivity index (χ3n) is 6.28. The summed E-state index contributed by atoms with van der Waals surface area (Å²) in [6.07, 6.45) is -4.31. The van der Waals surface area contributed by atoms with E-state index in [0.29, 0.717) is 46.6 Å². The molecule has 3 aromatic carbocycles. The Labute approximate surface area is 229 Å². The minimum atomic E-state index is -4.44. The van der Waals surface area contributed by atoms with Gasteiger partial charge in [-0.1, -0.05) is 48.0 Å². The van der Waals surface area contributed by atoms with Gasteiger partial charge in [0.1, 0.15) is 5.82 Å². The zero-order chi connectivity index (χ0) is 28.9. The van der Waals surface area contributed by atoms with E-state index in [2.05, 4.69) is 15.6 Å². The number of halogens is 3. The minimum absolute atomic E-state index is 0.213. The van der Waals surface area contributed by atoms with Gasteiger partial charge in [-0.25, -0.2) is 4.98 Å². The molecule has 3 N–H and O–H groups in total. The molecule has 0 spiro atoms. The Balaban J connectivity index is 1.42. The van der Waals surface area contributed by atoms with Crippen LogP contribution < -0.4 is 10.6 Å². The molecule has 206 valence electrons. The molecule has 9 heteroatoms. The number of aryl methyl sites for hydroxylation is 2. The van der Waals surface area contributed by atoms with Crippen LogP contribution in [0.15, 0.2) is 84.9 Å². The second-order valence-electron chi connectivity index (χ2n) is 9.45. The lowest BCUT2D eigenvalue weighted by molar-refractivity contribution is -0.137. The van der Waals surface area contributed by atoms with Crippen molar-refractivity contribution in [2.24, 2.45) is 0 Å². The first kappa shape index (κ1) is 28.5. The zero-order valence-corrected chi connectivity index (χ0v) is 21.9. The van der Waals surface area contributed by atoms with Gasteiger partial charge in [0.15, 0.2) is 0 Å². The molecular weight excluding hydrogens is 519 g/mol. The maximum atomic E-state index is 13.1. The van der Waals surface area contributed by atoms with Crippen molar-refractivity contribution in [1.82, 2.24) is 4.98 Å². The number of aliphatic hydroxyl groups is 1. The van der Waals surface area contributed by atoms with Crippen LogP contribution in [-0.4, -0.2) is 21.9 Å². The molecule has 1 heterocycles. The van der Waals surface area contributed by atoms with Gasteiger partial charge in [-0.05, 0) is 78.9 Å². The molecule has 1 aromatic heterocycles. The summed E-state index contributed by atoms with van der Waals surface area (Å²) < 4.78 is 39.0. The monoisotopic (exact) mass is 547 g/mol. The van der Waals surface area contributed by atoms with E-state index in [1.807, 2.05) is 13.0 Å². The first-order valence-electron chi connectivity index (χ1n) is 12.6. The molecular formula is C31H28F3N3O3. The highest BCUT2D eigenvalue weighted by atomic mass is 19.4. The van der Waals surface area contributed by atoms with E-state index >= 15 is 0 Å². The van der Waals surface area contributed by atoms with Gasteiger partial charge in [0.25, 0.3) is 5.91 Å². The molecule has 4 rings (SSSR count). The number of aliphatic hydroxyl groups excluding tert-OH is 1. The first-order chi connectivity index (χ1) is 19.0. The number of hydrogen-bond donors (Lipinski definition) is 3. The summed E-state index contributed by atoms with van der Waals surface area (Å²) in [4.78, 5) is 28.7. The Hall–Kier alpha value is -4.50. The van der Waals surface area contributed by atoms with Crippen LogP contribution in [0.2, 0.25) is 0 Å². The highest BCUT2D eigenvalue weighted by molar-refractivity contribution is 6.08. The quantitative estimate of drug-likeness (QED) is 0.223. The summed E-state index contributed by atoms with van der Waals surface area (Å²) in [7, 11) is 0. The van der Waals surface area contributed by atoms with Crippen LogP contribution in [0.5, 0.6) is 0 Å². The van der Waals surface area contributed by atoms with E-state index in [4.69, 9.17) is 0 Å². The number of aromatic nitrogens is 1. The fourth-order valence-corrected chi connectivity index (χ4v) is 4.24. The van der Waals surface area contributed by atoms with Gasteiger partial charge in [0, 0.05) is 23.9 Å². The fourth-order valence-electron chi connectivity index (χ4n) is 4.24. The predicted molar refractivity (Wildman–Crippen MR) is 148 cm³/mol. The minimum Gasteiger partial charge on any atom is -0.388 e. The van der Waals surface area contributed by atoms with Crippen molar-refractivity contribution in [3.8, 4) is 11.1 Å². The number of carbonyl (C=O) groups excluding carboxylic acids is 2. The van der Waals surface area contributed by atoms with Crippen LogP contribution in [0.4, 0.5) is 24.7 Å². The van der Waals surface area contributed by atoms with Crippen LogP contribution in [0.1, 0.15) is 52.2 Å². The molecule has 0 fully saturated rings. The summed E-state index contributed by atoms with van der Waals surface area (Å²) >= 11 is 0. The second-order valence-corrected chi connectivity index (χ2v) is 9.45. The molecule has 0 bridgehead atoms. The summed E-state index contributed by atoms with van der Waals surface area (Å²) in [5.74, 6) is -0.168. The van der Waals surface area contributed by atoms with Crippen molar-refractivity contribution < 1.29 is 27.9 Å². The van der Waals surface area contributed by atoms with E-state index in [1.54, 1.807) is 54.6 Å². The van der Waals surface area contributed by atoms with Crippen molar-refractivity contribution in [1.29, 1.82) is 0 Å². The average Bonchev–Trinajstić information content (AvgIpc) is 2.91. The maximum Gasteiger partial charge on any atom is 0.416 e. The summed E-state index contributed by atoms with van der Waals surface area (Å²) in [6, 6.07) is 22.0. The van der Waals surface area contributed by atoms with Crippen LogP contribution in [0.25, 0.3) is 11.1 Å². The lowest BCUT2D eigenvalue weighted by Crippen LogP contribution is -2.13. The van der Waals surface area contributed by atoms with Crippen molar-refractivity contribution in [2.75, 3.05) is 10.6 Å². The number of nitrogens with one attached hydrogen (secondary N) is 2. The Morgan fingerprint density at radius 2 is 1.62 bits per heavy atom. The molecule has 0 aliphatic heterocycles. The highest BCUT2D eigenvalue weighted by Crippen LogP contribution is 2.32. The number of hydrogen-bond acceptors (Lipinski definition) is 4. The second kappa shape index (κ2) is 12.1. The highest BCUT2D eigenvalue weighted by Gasteiger charge is 2.30. The van der Waals surface area contributed by atoms with Gasteiger partial charge >= 0.3 is 6.18 Å². The number of carbonyl (C=O) groups is 2. The summed E-state index contributed by atoms with van der Waals surface area (Å²) in [6.45, 7) is 3.25. The van der Waals surface area contributed by atoms with E-state index < -0.39 is 23.8 Å². The zero-order valence-electron chi connectivity index (χ0n) is 21.9. The SMILES string of the molecule is CC(=O)Nc1cccc(CCC(O)c2ccc(NC(=O)c3ccc(C)cc3-c3ccc(C(F)(F)F)cc3)cc2)n1. The van der Waals surface area contributed by atoms with Gasteiger partial charge in [-0.3, -0.25) is 9.59 Å². The fraction of sp³-hybridized carbons (Fsp3) is 0.194. The van der Waals surface area contributed by atoms with Crippen molar-refractivity contribution >= 4 is 23.3 Å². The number of amides is 2. The van der Waals surface area contributed by atoms with Gasteiger partial charge in [0.2, 0.25) is 5.91 Å². The number of alkyl halides is 3. The van der Waals surface area contributed by atoms with Crippen LogP contribution >= 0.6 is 0 Å². The van der Waals surface area contributed by atoms with Crippen LogP contribution in [-0.2, 0) is 17.4 Å². The van der Waals surface area contributed by atoms with E-state index in [9.17, 15) is 27.9 Å². The molecule has 4 aromatic rings. The van der Waals surface area contributed by atoms with E-state index in [0.717, 1.165) is 23.4 Å². The van der Waals surface area contributed by atoms with E-state index in [-0.39, 0.29) is 5.91 Å². The molecule has 0 aliphatic carbocycles. The molecule has 1 unspecified atom stereocenters. The Bertz CT molecular complexity index is 1500.